The molecule has 2 rings (SSSR count). The Kier molecular flexibility index (Phi) is 4.77. The van der Waals surface area contributed by atoms with Crippen molar-refractivity contribution in [2.75, 3.05) is 13.1 Å². The molecule has 0 spiro atoms. The lowest BCUT2D eigenvalue weighted by Gasteiger charge is -2.46. The Bertz CT molecular complexity index is 471. The first-order valence-corrected chi connectivity index (χ1v) is 7.95. The van der Waals surface area contributed by atoms with Crippen LogP contribution in [0, 0.1) is 6.92 Å². The van der Waals surface area contributed by atoms with Crippen molar-refractivity contribution < 1.29 is 0 Å². The molecule has 2 heterocycles. The molecule has 0 aromatic carbocycles. The third kappa shape index (κ3) is 3.02. The molecule has 5 heteroatoms. The molecule has 2 unspecified atom stereocenters. The van der Waals surface area contributed by atoms with Crippen molar-refractivity contribution in [3.05, 3.63) is 16.4 Å². The number of aryl methyl sites for hydroxylation is 2. The van der Waals surface area contributed by atoms with E-state index < -0.39 is 0 Å². The van der Waals surface area contributed by atoms with Gasteiger partial charge in [-0.25, -0.2) is 0 Å². The Morgan fingerprint density at radius 3 is 2.65 bits per heavy atom. The Hall–Kier alpha value is -0.580. The molecule has 1 aromatic heterocycles. The third-order valence-corrected chi connectivity index (χ3v) is 5.19. The molecule has 0 aliphatic carbocycles. The van der Waals surface area contributed by atoms with Crippen LogP contribution in [-0.4, -0.2) is 39.4 Å². The number of halogens is 1. The van der Waals surface area contributed by atoms with E-state index in [1.165, 1.54) is 0 Å². The summed E-state index contributed by atoms with van der Waals surface area (Å²) in [4.78, 5) is 2.56. The molecule has 0 radical (unpaired) electrons. The van der Waals surface area contributed by atoms with Gasteiger partial charge in [0.2, 0.25) is 0 Å². The van der Waals surface area contributed by atoms with Crippen LogP contribution in [0.5, 0.6) is 0 Å². The first kappa shape index (κ1) is 15.8. The van der Waals surface area contributed by atoms with Crippen LogP contribution in [0.2, 0.25) is 5.02 Å². The van der Waals surface area contributed by atoms with Crippen LogP contribution >= 0.6 is 11.6 Å². The smallest absolute Gasteiger partial charge is 0.0860 e. The van der Waals surface area contributed by atoms with E-state index in [0.29, 0.717) is 6.04 Å². The van der Waals surface area contributed by atoms with Crippen molar-refractivity contribution >= 4 is 11.6 Å². The average molecular weight is 299 g/mol. The lowest BCUT2D eigenvalue weighted by molar-refractivity contribution is 0.0734. The molecule has 1 N–H and O–H groups in total. The highest BCUT2D eigenvalue weighted by Gasteiger charge is 2.34. The maximum Gasteiger partial charge on any atom is 0.0860 e. The summed E-state index contributed by atoms with van der Waals surface area (Å²) in [6.45, 7) is 11.8. The molecule has 1 aromatic rings. The van der Waals surface area contributed by atoms with Crippen LogP contribution in [0.3, 0.4) is 0 Å². The van der Waals surface area contributed by atoms with E-state index >= 15 is 0 Å². The summed E-state index contributed by atoms with van der Waals surface area (Å²) >= 11 is 6.40. The second kappa shape index (κ2) is 6.04. The minimum Gasteiger partial charge on any atom is -0.309 e. The quantitative estimate of drug-likeness (QED) is 0.928. The summed E-state index contributed by atoms with van der Waals surface area (Å²) in [5.41, 5.74) is 2.25. The van der Waals surface area contributed by atoms with Gasteiger partial charge in [0.15, 0.2) is 0 Å². The van der Waals surface area contributed by atoms with Crippen molar-refractivity contribution in [1.82, 2.24) is 20.0 Å². The number of nitrogens with one attached hydrogen (secondary N) is 1. The van der Waals surface area contributed by atoms with Gasteiger partial charge in [-0.05, 0) is 26.7 Å². The van der Waals surface area contributed by atoms with Crippen molar-refractivity contribution in [3.63, 3.8) is 0 Å². The first-order valence-electron chi connectivity index (χ1n) is 7.57. The van der Waals surface area contributed by atoms with Gasteiger partial charge in [0.1, 0.15) is 0 Å². The molecule has 1 saturated heterocycles. The topological polar surface area (TPSA) is 33.1 Å². The zero-order valence-corrected chi connectivity index (χ0v) is 14.1. The van der Waals surface area contributed by atoms with Gasteiger partial charge in [-0.2, -0.15) is 5.10 Å². The number of nitrogens with zero attached hydrogens (tertiary/aromatic N) is 3. The van der Waals surface area contributed by atoms with Gasteiger partial charge in [-0.1, -0.05) is 25.4 Å². The van der Waals surface area contributed by atoms with Gasteiger partial charge in [0, 0.05) is 38.3 Å². The third-order valence-electron chi connectivity index (χ3n) is 4.70. The molecule has 20 heavy (non-hydrogen) atoms. The predicted molar refractivity (Wildman–Crippen MR) is 84.1 cm³/mol. The predicted octanol–water partition coefficient (Wildman–Crippen LogP) is 2.73. The summed E-state index contributed by atoms with van der Waals surface area (Å²) in [6, 6.07) is 0.570. The molecule has 4 nitrogen and oxygen atoms in total. The maximum absolute atomic E-state index is 6.40. The van der Waals surface area contributed by atoms with Crippen LogP contribution in [0.15, 0.2) is 0 Å². The number of hydrogen-bond donors (Lipinski definition) is 1. The molecule has 1 aliphatic heterocycles. The van der Waals surface area contributed by atoms with Gasteiger partial charge in [0.05, 0.1) is 16.4 Å². The maximum atomic E-state index is 6.40. The zero-order chi connectivity index (χ0) is 14.9. The van der Waals surface area contributed by atoms with E-state index in [4.69, 9.17) is 11.6 Å². The second-order valence-corrected chi connectivity index (χ2v) is 6.61. The van der Waals surface area contributed by atoms with E-state index in [1.54, 1.807) is 0 Å². The van der Waals surface area contributed by atoms with Gasteiger partial charge >= 0.3 is 0 Å². The summed E-state index contributed by atoms with van der Waals surface area (Å²) in [5.74, 6) is 0. The zero-order valence-electron chi connectivity index (χ0n) is 13.3. The molecular formula is C15H27ClN4. The monoisotopic (exact) mass is 298 g/mol. The summed E-state index contributed by atoms with van der Waals surface area (Å²) < 4.78 is 1.93. The van der Waals surface area contributed by atoms with Crippen LogP contribution < -0.4 is 5.32 Å². The minimum atomic E-state index is 0.200. The molecule has 114 valence electrons. The van der Waals surface area contributed by atoms with Gasteiger partial charge < -0.3 is 5.32 Å². The normalized spacial score (nSPS) is 28.0. The number of piperazine rings is 1. The van der Waals surface area contributed by atoms with Gasteiger partial charge in [-0.15, -0.1) is 0 Å². The average Bonchev–Trinajstić information content (AvgIpc) is 2.66. The van der Waals surface area contributed by atoms with E-state index in [0.717, 1.165) is 48.9 Å². The Morgan fingerprint density at radius 1 is 1.45 bits per heavy atom. The Morgan fingerprint density at radius 2 is 2.15 bits per heavy atom. The lowest BCUT2D eigenvalue weighted by Crippen LogP contribution is -2.62. The molecular weight excluding hydrogens is 272 g/mol. The van der Waals surface area contributed by atoms with Gasteiger partial charge in [-0.3, -0.25) is 9.58 Å². The molecule has 1 aliphatic rings. The lowest BCUT2D eigenvalue weighted by atomic mass is 9.92. The SMILES string of the molecule is CCC1CNC(C)(CC)CN1Cc1c(Cl)c(C)nn1C. The summed E-state index contributed by atoms with van der Waals surface area (Å²) in [6.07, 6.45) is 2.29. The van der Waals surface area contributed by atoms with Gasteiger partial charge in [0.25, 0.3) is 0 Å². The Labute approximate surface area is 127 Å². The molecule has 0 amide bonds. The standard InChI is InChI=1S/C15H27ClN4/c1-6-12-8-17-15(4,7-2)10-20(12)9-13-14(16)11(3)18-19(13)5/h12,17H,6-10H2,1-5H3. The summed E-state index contributed by atoms with van der Waals surface area (Å²) in [5, 5.41) is 8.94. The van der Waals surface area contributed by atoms with Crippen LogP contribution in [-0.2, 0) is 13.6 Å². The van der Waals surface area contributed by atoms with Crippen LogP contribution in [0.4, 0.5) is 0 Å². The second-order valence-electron chi connectivity index (χ2n) is 6.23. The number of aromatic nitrogens is 2. The highest BCUT2D eigenvalue weighted by Crippen LogP contribution is 2.26. The summed E-state index contributed by atoms with van der Waals surface area (Å²) in [7, 11) is 1.98. The number of rotatable bonds is 4. The van der Waals surface area contributed by atoms with E-state index in [9.17, 15) is 0 Å². The molecule has 2 atom stereocenters. The van der Waals surface area contributed by atoms with Crippen molar-refractivity contribution in [3.8, 4) is 0 Å². The minimum absolute atomic E-state index is 0.200. The fourth-order valence-corrected chi connectivity index (χ4v) is 3.22. The first-order chi connectivity index (χ1) is 9.40. The molecule has 0 saturated carbocycles. The molecule has 0 bridgehead atoms. The molecule has 1 fully saturated rings. The van der Waals surface area contributed by atoms with E-state index in [2.05, 4.69) is 36.1 Å². The van der Waals surface area contributed by atoms with Crippen molar-refractivity contribution in [2.24, 2.45) is 7.05 Å². The fourth-order valence-electron chi connectivity index (χ4n) is 3.00. The van der Waals surface area contributed by atoms with Crippen molar-refractivity contribution in [2.45, 2.75) is 58.7 Å². The van der Waals surface area contributed by atoms with E-state index in [-0.39, 0.29) is 5.54 Å². The van der Waals surface area contributed by atoms with Crippen molar-refractivity contribution in [1.29, 1.82) is 0 Å². The highest BCUT2D eigenvalue weighted by molar-refractivity contribution is 6.31. The number of hydrogen-bond acceptors (Lipinski definition) is 3. The van der Waals surface area contributed by atoms with Crippen LogP contribution in [0.25, 0.3) is 0 Å². The highest BCUT2D eigenvalue weighted by atomic mass is 35.5. The fraction of sp³-hybridized carbons (Fsp3) is 0.800. The van der Waals surface area contributed by atoms with Crippen LogP contribution in [0.1, 0.15) is 45.0 Å². The van der Waals surface area contributed by atoms with E-state index in [1.807, 2.05) is 18.7 Å². The Balaban J connectivity index is 2.20. The largest absolute Gasteiger partial charge is 0.309 e.